The molecule has 1 aromatic heterocycles. The number of hydrogen-bond donors (Lipinski definition) is 2. The van der Waals surface area contributed by atoms with Crippen LogP contribution in [-0.2, 0) is 11.3 Å². The summed E-state index contributed by atoms with van der Waals surface area (Å²) in [6.45, 7) is -0.0182. The van der Waals surface area contributed by atoms with Crippen LogP contribution in [0.25, 0.3) is 0 Å². The van der Waals surface area contributed by atoms with Crippen molar-refractivity contribution >= 4 is 40.2 Å². The number of rotatable bonds is 4. The van der Waals surface area contributed by atoms with E-state index in [-0.39, 0.29) is 40.4 Å². The number of carbonyl (C=O) groups excluding carboxylic acids is 1. The number of halogens is 2. The summed E-state index contributed by atoms with van der Waals surface area (Å²) in [7, 11) is 0. The Labute approximate surface area is 134 Å². The van der Waals surface area contributed by atoms with Gasteiger partial charge in [-0.1, -0.05) is 11.6 Å². The molecule has 2 rings (SSSR count). The van der Waals surface area contributed by atoms with Crippen molar-refractivity contribution in [3.05, 3.63) is 49.7 Å². The van der Waals surface area contributed by atoms with Gasteiger partial charge in [-0.2, -0.15) is 0 Å². The molecule has 112 valence electrons. The number of thiazole rings is 1. The fourth-order valence-electron chi connectivity index (χ4n) is 1.49. The lowest BCUT2D eigenvalue weighted by Crippen LogP contribution is -3.00. The van der Waals surface area contributed by atoms with E-state index < -0.39 is 4.92 Å². The number of non-ortho nitro benzene ring substituents is 1. The third-order valence-electron chi connectivity index (χ3n) is 2.43. The molecule has 0 radical (unpaired) electrons. The summed E-state index contributed by atoms with van der Waals surface area (Å²) in [6.07, 6.45) is 1.63. The predicted octanol–water partition coefficient (Wildman–Crippen LogP) is -0.767. The summed E-state index contributed by atoms with van der Waals surface area (Å²) in [5.41, 5.74) is 0.151. The van der Waals surface area contributed by atoms with E-state index in [4.69, 9.17) is 17.0 Å². The third kappa shape index (κ3) is 4.28. The Balaban J connectivity index is 0.00000220. The Morgan fingerprint density at radius 1 is 1.52 bits per heavy atom. The lowest BCUT2D eigenvalue weighted by atomic mass is 10.3. The Hall–Kier alpha value is -1.90. The molecule has 7 nitrogen and oxygen atoms in total. The highest BCUT2D eigenvalue weighted by Gasteiger charge is 2.11. The number of nitrogens with zero attached hydrogens (tertiary/aromatic N) is 2. The summed E-state index contributed by atoms with van der Waals surface area (Å²) in [4.78, 5) is 22.1. The number of carbonyl (C=O) groups is 1. The minimum atomic E-state index is -0.564. The van der Waals surface area contributed by atoms with Crippen molar-refractivity contribution in [2.24, 2.45) is 0 Å². The van der Waals surface area contributed by atoms with E-state index in [1.807, 2.05) is 0 Å². The van der Waals surface area contributed by atoms with Gasteiger partial charge in [0, 0.05) is 23.7 Å². The van der Waals surface area contributed by atoms with Crippen LogP contribution in [0.5, 0.6) is 0 Å². The van der Waals surface area contributed by atoms with Gasteiger partial charge >= 0.3 is 0 Å². The van der Waals surface area contributed by atoms with Gasteiger partial charge in [-0.15, -0.1) is 11.3 Å². The first kappa shape index (κ1) is 17.2. The highest BCUT2D eigenvalue weighted by atomic mass is 35.5. The molecule has 1 amide bonds. The molecule has 2 aromatic rings. The van der Waals surface area contributed by atoms with Crippen LogP contribution in [0.15, 0.2) is 29.8 Å². The van der Waals surface area contributed by atoms with Gasteiger partial charge in [0.25, 0.3) is 5.69 Å². The van der Waals surface area contributed by atoms with Crippen molar-refractivity contribution < 1.29 is 22.1 Å². The minimum Gasteiger partial charge on any atom is -1.00 e. The molecular formula is C11H9Cl2N4O3S-. The van der Waals surface area contributed by atoms with Crippen LogP contribution in [0.2, 0.25) is 5.02 Å². The van der Waals surface area contributed by atoms with E-state index in [0.717, 1.165) is 0 Å². The smallest absolute Gasteiger partial charge is 0.271 e. The van der Waals surface area contributed by atoms with Gasteiger partial charge < -0.3 is 22.3 Å². The van der Waals surface area contributed by atoms with Crippen molar-refractivity contribution in [3.63, 3.8) is 0 Å². The van der Waals surface area contributed by atoms with Crippen LogP contribution in [0.3, 0.4) is 0 Å². The average molecular weight is 348 g/mol. The molecule has 1 aromatic carbocycles. The van der Waals surface area contributed by atoms with Gasteiger partial charge in [-0.25, -0.2) is 0 Å². The summed E-state index contributed by atoms with van der Waals surface area (Å²) in [6, 6.07) is 3.80. The lowest BCUT2D eigenvalue weighted by Gasteiger charge is -2.07. The first-order chi connectivity index (χ1) is 9.47. The Morgan fingerprint density at radius 3 is 2.76 bits per heavy atom. The highest BCUT2D eigenvalue weighted by molar-refractivity contribution is 7.06. The van der Waals surface area contributed by atoms with Crippen LogP contribution in [0.4, 0.5) is 11.4 Å². The molecule has 0 saturated heterocycles. The monoisotopic (exact) mass is 347 g/mol. The predicted molar refractivity (Wildman–Crippen MR) is 74.9 cm³/mol. The van der Waals surface area contributed by atoms with Crippen LogP contribution in [0, 0.1) is 15.5 Å². The van der Waals surface area contributed by atoms with E-state index in [9.17, 15) is 14.9 Å². The second-order valence-electron chi connectivity index (χ2n) is 3.81. The first-order valence-corrected chi connectivity index (χ1v) is 6.65. The molecule has 0 unspecified atom stereocenters. The molecule has 0 bridgehead atoms. The van der Waals surface area contributed by atoms with E-state index in [2.05, 4.69) is 5.32 Å². The van der Waals surface area contributed by atoms with E-state index in [0.29, 0.717) is 5.69 Å². The average Bonchev–Trinajstić information content (AvgIpc) is 2.77. The van der Waals surface area contributed by atoms with Crippen molar-refractivity contribution in [2.45, 2.75) is 6.54 Å². The van der Waals surface area contributed by atoms with Crippen LogP contribution in [0.1, 0.15) is 0 Å². The van der Waals surface area contributed by atoms with Crippen molar-refractivity contribution in [2.75, 3.05) is 5.32 Å². The van der Waals surface area contributed by atoms with E-state index in [1.165, 1.54) is 34.1 Å². The Morgan fingerprint density at radius 2 is 2.24 bits per heavy atom. The first-order valence-electron chi connectivity index (χ1n) is 5.39. The largest absolute Gasteiger partial charge is 1.00 e. The van der Waals surface area contributed by atoms with Crippen LogP contribution in [-0.4, -0.2) is 15.4 Å². The molecule has 10 heteroatoms. The molecule has 0 aliphatic carbocycles. The zero-order valence-electron chi connectivity index (χ0n) is 10.4. The third-order valence-corrected chi connectivity index (χ3v) is 3.46. The molecule has 0 saturated carbocycles. The fourth-order valence-corrected chi connectivity index (χ4v) is 2.31. The highest BCUT2D eigenvalue weighted by Crippen LogP contribution is 2.26. The zero-order chi connectivity index (χ0) is 14.7. The van der Waals surface area contributed by atoms with Crippen LogP contribution < -0.4 is 22.5 Å². The Kier molecular flexibility index (Phi) is 5.89. The van der Waals surface area contributed by atoms with Gasteiger partial charge in [-0.05, 0) is 6.07 Å². The fraction of sp³-hybridized carbons (Fsp3) is 0.0909. The Bertz CT molecular complexity index is 728. The van der Waals surface area contributed by atoms with E-state index in [1.54, 1.807) is 11.6 Å². The molecule has 0 spiro atoms. The quantitative estimate of drug-likeness (QED) is 0.561. The second kappa shape index (κ2) is 7.21. The van der Waals surface area contributed by atoms with Crippen molar-refractivity contribution in [1.29, 1.82) is 5.41 Å². The molecule has 1 heterocycles. The number of aromatic nitrogens is 1. The van der Waals surface area contributed by atoms with Gasteiger partial charge in [-0.3, -0.25) is 20.3 Å². The molecule has 0 fully saturated rings. The second-order valence-corrected chi connectivity index (χ2v) is 5.11. The maximum absolute atomic E-state index is 11.8. The lowest BCUT2D eigenvalue weighted by molar-refractivity contribution is -0.384. The van der Waals surface area contributed by atoms with Crippen molar-refractivity contribution in [3.8, 4) is 0 Å². The molecular weight excluding hydrogens is 339 g/mol. The van der Waals surface area contributed by atoms with Gasteiger partial charge in [0.1, 0.15) is 6.54 Å². The van der Waals surface area contributed by atoms with Gasteiger partial charge in [0.05, 0.1) is 15.6 Å². The topological polar surface area (TPSA) is 101 Å². The molecule has 0 aliphatic rings. The number of amides is 1. The van der Waals surface area contributed by atoms with Gasteiger partial charge in [0.15, 0.2) is 4.80 Å². The number of hydrogen-bond acceptors (Lipinski definition) is 5. The molecule has 0 atom stereocenters. The summed E-state index contributed by atoms with van der Waals surface area (Å²) < 4.78 is 1.47. The SMILES string of the molecule is N=c1sccn1CC(=O)Nc1ccc([N+](=O)[O-])cc1Cl.[Cl-]. The minimum absolute atomic E-state index is 0. The van der Waals surface area contributed by atoms with E-state index >= 15 is 0 Å². The summed E-state index contributed by atoms with van der Waals surface area (Å²) >= 11 is 7.08. The zero-order valence-corrected chi connectivity index (χ0v) is 12.7. The number of nitrogens with one attached hydrogen (secondary N) is 2. The maximum atomic E-state index is 11.8. The van der Waals surface area contributed by atoms with Gasteiger partial charge in [0.2, 0.25) is 5.91 Å². The van der Waals surface area contributed by atoms with Crippen LogP contribution >= 0.6 is 22.9 Å². The number of nitro groups is 1. The molecule has 0 aliphatic heterocycles. The number of anilines is 1. The molecule has 2 N–H and O–H groups in total. The normalized spacial score (nSPS) is 9.76. The summed E-state index contributed by atoms with van der Waals surface area (Å²) in [5.74, 6) is -0.363. The maximum Gasteiger partial charge on any atom is 0.271 e. The standard InChI is InChI=1S/C11H9ClN4O3S.ClH/c12-8-5-7(16(18)19)1-2-9(8)14-10(17)6-15-3-4-20-11(15)13;/h1-5,13H,6H2,(H,14,17);1H/p-1. The summed E-state index contributed by atoms with van der Waals surface area (Å²) in [5, 5.41) is 22.5. The van der Waals surface area contributed by atoms with Crippen molar-refractivity contribution in [1.82, 2.24) is 4.57 Å². The number of nitro benzene ring substituents is 1. The number of benzene rings is 1. The molecule has 21 heavy (non-hydrogen) atoms.